The predicted molar refractivity (Wildman–Crippen MR) is 126 cm³/mol. The molecular weight excluding hydrogens is 416 g/mol. The third-order valence-electron chi connectivity index (χ3n) is 6.60. The lowest BCUT2D eigenvalue weighted by molar-refractivity contribution is 0.169. The number of benzene rings is 2. The lowest BCUT2D eigenvalue weighted by atomic mass is 9.95. The monoisotopic (exact) mass is 444 g/mol. The van der Waals surface area contributed by atoms with Crippen molar-refractivity contribution in [3.05, 3.63) is 86.5 Å². The molecule has 0 spiro atoms. The van der Waals surface area contributed by atoms with Crippen LogP contribution in [0, 0.1) is 13.8 Å². The quantitative estimate of drug-likeness (QED) is 0.492. The highest BCUT2D eigenvalue weighted by atomic mass is 16.5. The van der Waals surface area contributed by atoms with Crippen molar-refractivity contribution in [3.8, 4) is 0 Å². The minimum absolute atomic E-state index is 0.110. The molecule has 5 rings (SSSR count). The molecule has 0 bridgehead atoms. The SMILES string of the molecule is COCCn1nnnc1C(c1cc2c(C)ccc(C)c2[nH]c1=O)N1CCc2ccccc2C1. The van der Waals surface area contributed by atoms with E-state index in [-0.39, 0.29) is 11.6 Å². The molecular formula is C25H28N6O2. The highest BCUT2D eigenvalue weighted by Gasteiger charge is 2.32. The van der Waals surface area contributed by atoms with Crippen LogP contribution in [0.5, 0.6) is 0 Å². The number of aromatic nitrogens is 5. The highest BCUT2D eigenvalue weighted by molar-refractivity contribution is 5.85. The molecule has 1 aliphatic rings. The van der Waals surface area contributed by atoms with Gasteiger partial charge in [-0.3, -0.25) is 9.69 Å². The Morgan fingerprint density at radius 2 is 1.91 bits per heavy atom. The maximum absolute atomic E-state index is 13.5. The van der Waals surface area contributed by atoms with Crippen molar-refractivity contribution >= 4 is 10.9 Å². The fraction of sp³-hybridized carbons (Fsp3) is 0.360. The summed E-state index contributed by atoms with van der Waals surface area (Å²) in [5.41, 5.74) is 6.22. The summed E-state index contributed by atoms with van der Waals surface area (Å²) in [4.78, 5) is 18.9. The summed E-state index contributed by atoms with van der Waals surface area (Å²) in [7, 11) is 1.65. The third-order valence-corrected chi connectivity index (χ3v) is 6.60. The highest BCUT2D eigenvalue weighted by Crippen LogP contribution is 2.32. The molecule has 1 N–H and O–H groups in total. The van der Waals surface area contributed by atoms with Crippen LogP contribution in [-0.2, 0) is 24.2 Å². The summed E-state index contributed by atoms with van der Waals surface area (Å²) in [5.74, 6) is 0.654. The number of rotatable bonds is 6. The van der Waals surface area contributed by atoms with Crippen LogP contribution in [0.25, 0.3) is 10.9 Å². The van der Waals surface area contributed by atoms with Crippen LogP contribution in [0.4, 0.5) is 0 Å². The second-order valence-electron chi connectivity index (χ2n) is 8.69. The van der Waals surface area contributed by atoms with Crippen molar-refractivity contribution in [2.24, 2.45) is 0 Å². The number of hydrogen-bond acceptors (Lipinski definition) is 6. The number of ether oxygens (including phenoxy) is 1. The van der Waals surface area contributed by atoms with Crippen LogP contribution in [0.1, 0.15) is 39.7 Å². The molecule has 0 radical (unpaired) electrons. The van der Waals surface area contributed by atoms with Gasteiger partial charge in [0.05, 0.1) is 18.7 Å². The largest absolute Gasteiger partial charge is 0.383 e. The van der Waals surface area contributed by atoms with Gasteiger partial charge in [-0.25, -0.2) is 4.68 Å². The standard InChI is InChI=1S/C25H28N6O2/c1-16-8-9-17(2)22-20(16)14-21(25(32)26-22)23(24-27-28-29-31(24)12-13-33-3)30-11-10-18-6-4-5-7-19(18)15-30/h4-9,14,23H,10-13,15H2,1-3H3,(H,26,32). The lowest BCUT2D eigenvalue weighted by Gasteiger charge is -2.34. The fourth-order valence-electron chi connectivity index (χ4n) is 4.78. The normalized spacial score (nSPS) is 15.0. The second kappa shape index (κ2) is 8.88. The Balaban J connectivity index is 1.67. The Morgan fingerprint density at radius 3 is 2.73 bits per heavy atom. The molecule has 2 aromatic carbocycles. The van der Waals surface area contributed by atoms with Crippen molar-refractivity contribution in [1.82, 2.24) is 30.1 Å². The first-order chi connectivity index (χ1) is 16.1. The van der Waals surface area contributed by atoms with Gasteiger partial charge >= 0.3 is 0 Å². The Hall–Kier alpha value is -3.36. The number of hydrogen-bond donors (Lipinski definition) is 1. The number of aryl methyl sites for hydroxylation is 2. The van der Waals surface area contributed by atoms with E-state index >= 15 is 0 Å². The molecule has 1 unspecified atom stereocenters. The predicted octanol–water partition coefficient (Wildman–Crippen LogP) is 2.93. The molecule has 170 valence electrons. The Labute approximate surface area is 192 Å². The number of methoxy groups -OCH3 is 1. The van der Waals surface area contributed by atoms with Gasteiger partial charge in [-0.05, 0) is 59.0 Å². The molecule has 0 aliphatic carbocycles. The average molecular weight is 445 g/mol. The van der Waals surface area contributed by atoms with Gasteiger partial charge < -0.3 is 9.72 Å². The first-order valence-electron chi connectivity index (χ1n) is 11.3. The number of H-pyrrole nitrogens is 1. The minimum atomic E-state index is -0.377. The summed E-state index contributed by atoms with van der Waals surface area (Å²) in [6, 6.07) is 14.3. The van der Waals surface area contributed by atoms with E-state index in [0.717, 1.165) is 41.5 Å². The minimum Gasteiger partial charge on any atom is -0.383 e. The molecule has 2 aromatic heterocycles. The van der Waals surface area contributed by atoms with Crippen LogP contribution < -0.4 is 5.56 Å². The molecule has 0 fully saturated rings. The number of nitrogens with zero attached hydrogens (tertiary/aromatic N) is 5. The first kappa shape index (κ1) is 21.5. The molecule has 0 amide bonds. The molecule has 1 atom stereocenters. The number of tetrazole rings is 1. The van der Waals surface area contributed by atoms with E-state index in [1.807, 2.05) is 19.1 Å². The Kier molecular flexibility index (Phi) is 5.78. The average Bonchev–Trinajstić information content (AvgIpc) is 3.29. The van der Waals surface area contributed by atoms with Gasteiger partial charge in [0.2, 0.25) is 0 Å². The first-order valence-corrected chi connectivity index (χ1v) is 11.3. The van der Waals surface area contributed by atoms with Crippen LogP contribution in [0.3, 0.4) is 0 Å². The Morgan fingerprint density at radius 1 is 1.12 bits per heavy atom. The maximum atomic E-state index is 13.5. The summed E-state index contributed by atoms with van der Waals surface area (Å²) in [5, 5.41) is 13.6. The maximum Gasteiger partial charge on any atom is 0.253 e. The van der Waals surface area contributed by atoms with Gasteiger partial charge in [0.15, 0.2) is 5.82 Å². The molecule has 1 aliphatic heterocycles. The second-order valence-corrected chi connectivity index (χ2v) is 8.69. The van der Waals surface area contributed by atoms with E-state index in [2.05, 4.69) is 62.7 Å². The molecule has 3 heterocycles. The van der Waals surface area contributed by atoms with Gasteiger partial charge in [0, 0.05) is 31.1 Å². The number of pyridine rings is 1. The van der Waals surface area contributed by atoms with E-state index in [9.17, 15) is 4.79 Å². The van der Waals surface area contributed by atoms with Crippen molar-refractivity contribution in [3.63, 3.8) is 0 Å². The number of fused-ring (bicyclic) bond motifs is 2. The third kappa shape index (κ3) is 3.96. The van der Waals surface area contributed by atoms with Crippen molar-refractivity contribution in [2.45, 2.75) is 39.4 Å². The topological polar surface area (TPSA) is 88.9 Å². The van der Waals surface area contributed by atoms with Gasteiger partial charge in [-0.1, -0.05) is 36.4 Å². The molecule has 4 aromatic rings. The molecule has 0 saturated carbocycles. The van der Waals surface area contributed by atoms with Gasteiger partial charge in [0.1, 0.15) is 6.04 Å². The number of nitrogens with one attached hydrogen (secondary N) is 1. The fourth-order valence-corrected chi connectivity index (χ4v) is 4.78. The van der Waals surface area contributed by atoms with Crippen LogP contribution in [0.2, 0.25) is 0 Å². The van der Waals surface area contributed by atoms with Crippen LogP contribution >= 0.6 is 0 Å². The molecule has 33 heavy (non-hydrogen) atoms. The van der Waals surface area contributed by atoms with Crippen LogP contribution in [-0.4, -0.2) is 50.4 Å². The van der Waals surface area contributed by atoms with Crippen molar-refractivity contribution in [2.75, 3.05) is 20.3 Å². The summed E-state index contributed by atoms with van der Waals surface area (Å²) >= 11 is 0. The lowest BCUT2D eigenvalue weighted by Crippen LogP contribution is -2.38. The van der Waals surface area contributed by atoms with E-state index < -0.39 is 0 Å². The van der Waals surface area contributed by atoms with Gasteiger partial charge in [-0.2, -0.15) is 0 Å². The zero-order valence-electron chi connectivity index (χ0n) is 19.2. The van der Waals surface area contributed by atoms with Gasteiger partial charge in [-0.15, -0.1) is 5.10 Å². The smallest absolute Gasteiger partial charge is 0.253 e. The zero-order chi connectivity index (χ0) is 22.9. The summed E-state index contributed by atoms with van der Waals surface area (Å²) in [6.45, 7) is 6.62. The van der Waals surface area contributed by atoms with E-state index in [1.165, 1.54) is 11.1 Å². The molecule has 0 saturated heterocycles. The summed E-state index contributed by atoms with van der Waals surface area (Å²) in [6.07, 6.45) is 0.913. The van der Waals surface area contributed by atoms with E-state index in [1.54, 1.807) is 11.8 Å². The summed E-state index contributed by atoms with van der Waals surface area (Å²) < 4.78 is 7.01. The van der Waals surface area contributed by atoms with E-state index in [0.29, 0.717) is 24.5 Å². The van der Waals surface area contributed by atoms with Gasteiger partial charge in [0.25, 0.3) is 5.56 Å². The van der Waals surface area contributed by atoms with Crippen molar-refractivity contribution in [1.29, 1.82) is 0 Å². The van der Waals surface area contributed by atoms with Crippen LogP contribution in [0.15, 0.2) is 47.3 Å². The molecule has 8 nitrogen and oxygen atoms in total. The zero-order valence-corrected chi connectivity index (χ0v) is 19.2. The van der Waals surface area contributed by atoms with Crippen molar-refractivity contribution < 1.29 is 4.74 Å². The van der Waals surface area contributed by atoms with E-state index in [4.69, 9.17) is 4.74 Å². The Bertz CT molecular complexity index is 1360. The molecule has 8 heteroatoms. The number of aromatic amines is 1.